The van der Waals surface area contributed by atoms with E-state index in [4.69, 9.17) is 16.7 Å². The highest BCUT2D eigenvalue weighted by Crippen LogP contribution is 2.18. The van der Waals surface area contributed by atoms with Crippen LogP contribution in [0.2, 0.25) is 5.02 Å². The summed E-state index contributed by atoms with van der Waals surface area (Å²) in [6.45, 7) is 0.501. The lowest BCUT2D eigenvalue weighted by atomic mass is 10.2. The minimum absolute atomic E-state index is 0.264. The zero-order valence-corrected chi connectivity index (χ0v) is 11.0. The van der Waals surface area contributed by atoms with E-state index in [0.717, 1.165) is 12.0 Å². The van der Waals surface area contributed by atoms with Gasteiger partial charge >= 0.3 is 5.97 Å². The van der Waals surface area contributed by atoms with Gasteiger partial charge in [-0.1, -0.05) is 23.7 Å². The Morgan fingerprint density at radius 3 is 2.63 bits per heavy atom. The highest BCUT2D eigenvalue weighted by molar-refractivity contribution is 6.30. The third-order valence-electron chi connectivity index (χ3n) is 3.11. The number of likely N-dealkylation sites (tertiary alicyclic amines) is 1. The Balaban J connectivity index is 2.04. The fourth-order valence-electron chi connectivity index (χ4n) is 2.12. The maximum absolute atomic E-state index is 12.0. The summed E-state index contributed by atoms with van der Waals surface area (Å²) in [6.07, 6.45) is 4.33. The van der Waals surface area contributed by atoms with Crippen LogP contribution >= 0.6 is 11.6 Å². The number of amides is 1. The second kappa shape index (κ2) is 5.89. The highest BCUT2D eigenvalue weighted by Gasteiger charge is 2.32. The molecule has 1 saturated heterocycles. The number of rotatable bonds is 3. The molecule has 0 unspecified atom stereocenters. The lowest BCUT2D eigenvalue weighted by Crippen LogP contribution is -2.39. The van der Waals surface area contributed by atoms with Gasteiger partial charge in [0.15, 0.2) is 0 Å². The smallest absolute Gasteiger partial charge is 0.326 e. The molecular weight excluding hydrogens is 266 g/mol. The van der Waals surface area contributed by atoms with Gasteiger partial charge in [-0.3, -0.25) is 4.79 Å². The Bertz CT molecular complexity index is 510. The predicted molar refractivity (Wildman–Crippen MR) is 72.9 cm³/mol. The van der Waals surface area contributed by atoms with Crippen LogP contribution in [0.5, 0.6) is 0 Å². The molecule has 0 aliphatic carbocycles. The standard InChI is InChI=1S/C14H14ClNO3/c15-11-6-3-10(4-7-11)5-8-13(17)16-9-1-2-12(16)14(18)19/h3-8,12H,1-2,9H2,(H,18,19)/t12-/m1/s1. The first kappa shape index (κ1) is 13.6. The van der Waals surface area contributed by atoms with Crippen LogP contribution in [-0.2, 0) is 9.59 Å². The van der Waals surface area contributed by atoms with Gasteiger partial charge in [-0.25, -0.2) is 4.79 Å². The number of halogens is 1. The molecule has 2 rings (SSSR count). The molecule has 0 aromatic heterocycles. The predicted octanol–water partition coefficient (Wildman–Crippen LogP) is 2.43. The summed E-state index contributed by atoms with van der Waals surface area (Å²) in [7, 11) is 0. The second-order valence-corrected chi connectivity index (χ2v) is 4.85. The van der Waals surface area contributed by atoms with Gasteiger partial charge in [-0.2, -0.15) is 0 Å². The molecule has 1 atom stereocenters. The molecule has 4 nitrogen and oxygen atoms in total. The molecule has 1 N–H and O–H groups in total. The molecule has 0 saturated carbocycles. The number of hydrogen-bond acceptors (Lipinski definition) is 2. The summed E-state index contributed by atoms with van der Waals surface area (Å²) in [4.78, 5) is 24.3. The summed E-state index contributed by atoms with van der Waals surface area (Å²) >= 11 is 5.77. The van der Waals surface area contributed by atoms with Crippen molar-refractivity contribution in [3.8, 4) is 0 Å². The van der Waals surface area contributed by atoms with Gasteiger partial charge in [-0.15, -0.1) is 0 Å². The first-order chi connectivity index (χ1) is 9.08. The molecule has 1 aliphatic heterocycles. The van der Waals surface area contributed by atoms with Crippen molar-refractivity contribution in [1.82, 2.24) is 4.90 Å². The molecule has 0 radical (unpaired) electrons. The van der Waals surface area contributed by atoms with Crippen LogP contribution in [0.1, 0.15) is 18.4 Å². The van der Waals surface area contributed by atoms with Crippen molar-refractivity contribution in [3.63, 3.8) is 0 Å². The van der Waals surface area contributed by atoms with E-state index in [-0.39, 0.29) is 5.91 Å². The summed E-state index contributed by atoms with van der Waals surface area (Å²) in [5.41, 5.74) is 0.851. The molecule has 100 valence electrons. The molecule has 1 amide bonds. The SMILES string of the molecule is O=C(O)[C@H]1CCCN1C(=O)C=Cc1ccc(Cl)cc1. The maximum atomic E-state index is 12.0. The minimum Gasteiger partial charge on any atom is -0.480 e. The molecule has 1 heterocycles. The third kappa shape index (κ3) is 3.35. The molecule has 5 heteroatoms. The van der Waals surface area contributed by atoms with Crippen molar-refractivity contribution in [3.05, 3.63) is 40.9 Å². The van der Waals surface area contributed by atoms with E-state index in [1.54, 1.807) is 30.3 Å². The summed E-state index contributed by atoms with van der Waals surface area (Å²) in [5, 5.41) is 9.65. The van der Waals surface area contributed by atoms with Gasteiger partial charge in [0.1, 0.15) is 6.04 Å². The fourth-order valence-corrected chi connectivity index (χ4v) is 2.25. The van der Waals surface area contributed by atoms with Crippen LogP contribution < -0.4 is 0 Å². The quantitative estimate of drug-likeness (QED) is 0.865. The molecule has 0 spiro atoms. The van der Waals surface area contributed by atoms with Gasteiger partial charge < -0.3 is 10.0 Å². The summed E-state index contributed by atoms with van der Waals surface area (Å²) in [5.74, 6) is -1.20. The van der Waals surface area contributed by atoms with E-state index in [2.05, 4.69) is 0 Å². The number of nitrogens with zero attached hydrogens (tertiary/aromatic N) is 1. The summed E-state index contributed by atoms with van der Waals surface area (Å²) < 4.78 is 0. The van der Waals surface area contributed by atoms with Crippen LogP contribution in [0.4, 0.5) is 0 Å². The zero-order valence-electron chi connectivity index (χ0n) is 10.3. The molecule has 1 fully saturated rings. The van der Waals surface area contributed by atoms with Crippen molar-refractivity contribution in [2.24, 2.45) is 0 Å². The molecule has 1 aromatic rings. The van der Waals surface area contributed by atoms with Crippen LogP contribution in [0.25, 0.3) is 6.08 Å². The van der Waals surface area contributed by atoms with Crippen molar-refractivity contribution < 1.29 is 14.7 Å². The van der Waals surface area contributed by atoms with E-state index >= 15 is 0 Å². The van der Waals surface area contributed by atoms with Crippen LogP contribution in [0.15, 0.2) is 30.3 Å². The van der Waals surface area contributed by atoms with Crippen LogP contribution in [0.3, 0.4) is 0 Å². The molecule has 1 aliphatic rings. The minimum atomic E-state index is -0.939. The Kier molecular flexibility index (Phi) is 4.22. The van der Waals surface area contributed by atoms with Gasteiger partial charge in [-0.05, 0) is 36.6 Å². The van der Waals surface area contributed by atoms with Crippen LogP contribution in [-0.4, -0.2) is 34.5 Å². The Hall–Kier alpha value is -1.81. The second-order valence-electron chi connectivity index (χ2n) is 4.41. The Morgan fingerprint density at radius 2 is 2.00 bits per heavy atom. The number of carbonyl (C=O) groups excluding carboxylic acids is 1. The molecule has 19 heavy (non-hydrogen) atoms. The van der Waals surface area contributed by atoms with E-state index in [0.29, 0.717) is 18.0 Å². The maximum Gasteiger partial charge on any atom is 0.326 e. The van der Waals surface area contributed by atoms with E-state index < -0.39 is 12.0 Å². The number of hydrogen-bond donors (Lipinski definition) is 1. The average Bonchev–Trinajstić information content (AvgIpc) is 2.87. The van der Waals surface area contributed by atoms with Gasteiger partial charge in [0.2, 0.25) is 5.91 Å². The monoisotopic (exact) mass is 279 g/mol. The number of carbonyl (C=O) groups is 2. The first-order valence-corrected chi connectivity index (χ1v) is 6.43. The fraction of sp³-hybridized carbons (Fsp3) is 0.286. The molecule has 0 bridgehead atoms. The van der Waals surface area contributed by atoms with Gasteiger partial charge in [0.25, 0.3) is 0 Å². The number of benzene rings is 1. The van der Waals surface area contributed by atoms with Crippen molar-refractivity contribution in [1.29, 1.82) is 0 Å². The molecular formula is C14H14ClNO3. The van der Waals surface area contributed by atoms with Crippen molar-refractivity contribution in [2.45, 2.75) is 18.9 Å². The van der Waals surface area contributed by atoms with Crippen molar-refractivity contribution >= 4 is 29.6 Å². The lowest BCUT2D eigenvalue weighted by Gasteiger charge is -2.19. The first-order valence-electron chi connectivity index (χ1n) is 6.05. The number of carboxylic acid groups (broad SMARTS) is 1. The van der Waals surface area contributed by atoms with E-state index in [9.17, 15) is 9.59 Å². The Labute approximate surface area is 116 Å². The lowest BCUT2D eigenvalue weighted by molar-refractivity contribution is -0.146. The third-order valence-corrected chi connectivity index (χ3v) is 3.36. The zero-order chi connectivity index (χ0) is 13.8. The summed E-state index contributed by atoms with van der Waals surface area (Å²) in [6, 6.07) is 6.38. The average molecular weight is 280 g/mol. The van der Waals surface area contributed by atoms with E-state index in [1.165, 1.54) is 11.0 Å². The van der Waals surface area contributed by atoms with E-state index in [1.807, 2.05) is 0 Å². The Morgan fingerprint density at radius 1 is 1.32 bits per heavy atom. The topological polar surface area (TPSA) is 57.6 Å². The molecule has 1 aromatic carbocycles. The van der Waals surface area contributed by atoms with Gasteiger partial charge in [0, 0.05) is 17.6 Å². The highest BCUT2D eigenvalue weighted by atomic mass is 35.5. The van der Waals surface area contributed by atoms with Crippen LogP contribution in [0, 0.1) is 0 Å². The number of aliphatic carboxylic acids is 1. The van der Waals surface area contributed by atoms with Gasteiger partial charge in [0.05, 0.1) is 0 Å². The van der Waals surface area contributed by atoms with Crippen molar-refractivity contribution in [2.75, 3.05) is 6.54 Å². The normalized spacial score (nSPS) is 19.0. The number of carboxylic acids is 1. The largest absolute Gasteiger partial charge is 0.480 e.